The van der Waals surface area contributed by atoms with Crippen molar-refractivity contribution in [1.29, 1.82) is 0 Å². The predicted molar refractivity (Wildman–Crippen MR) is 85.0 cm³/mol. The van der Waals surface area contributed by atoms with Crippen LogP contribution < -0.4 is 16.0 Å². The predicted octanol–water partition coefficient (Wildman–Crippen LogP) is 3.14. The van der Waals surface area contributed by atoms with E-state index in [1.165, 1.54) is 6.08 Å². The van der Waals surface area contributed by atoms with E-state index in [4.69, 9.17) is 5.73 Å². The summed E-state index contributed by atoms with van der Waals surface area (Å²) in [5, 5.41) is 2.70. The van der Waals surface area contributed by atoms with Crippen LogP contribution in [0.5, 0.6) is 0 Å². The normalized spacial score (nSPS) is 10.6. The van der Waals surface area contributed by atoms with Gasteiger partial charge in [-0.1, -0.05) is 31.9 Å². The summed E-state index contributed by atoms with van der Waals surface area (Å²) in [6.07, 6.45) is 4.72. The number of nitrogens with zero attached hydrogens (tertiary/aromatic N) is 1. The van der Waals surface area contributed by atoms with Gasteiger partial charge in [0.25, 0.3) is 0 Å². The minimum atomic E-state index is -0.265. The average molecular weight is 269 g/mol. The Balaban J connectivity index is 3.15. The number of amides is 1. The number of carbonyl (C=O) groups excluding carboxylic acids is 1. The number of hydrogen-bond donors (Lipinski definition) is 2. The zero-order chi connectivity index (χ0) is 15.1. The minimum Gasteiger partial charge on any atom is -0.385 e. The molecule has 0 radical (unpaired) electrons. The number of anilines is 2. The topological polar surface area (TPSA) is 58.4 Å². The van der Waals surface area contributed by atoms with Crippen LogP contribution >= 0.6 is 0 Å². The summed E-state index contributed by atoms with van der Waals surface area (Å²) in [6.45, 7) is 12.7. The van der Waals surface area contributed by atoms with Crippen LogP contribution in [-0.2, 0) is 4.79 Å². The van der Waals surface area contributed by atoms with Crippen molar-refractivity contribution in [3.63, 3.8) is 0 Å². The van der Waals surface area contributed by atoms with Gasteiger partial charge in [-0.25, -0.2) is 0 Å². The van der Waals surface area contributed by atoms with Gasteiger partial charge in [0, 0.05) is 17.1 Å². The minimum absolute atomic E-state index is 0.265. The lowest BCUT2D eigenvalue weighted by Crippen LogP contribution is -2.25. The highest BCUT2D eigenvalue weighted by atomic mass is 16.1. The van der Waals surface area contributed by atoms with Crippen molar-refractivity contribution >= 4 is 17.3 Å². The van der Waals surface area contributed by atoms with Gasteiger partial charge in [-0.15, -0.1) is 0 Å². The number of hydrogen-bond acceptors (Lipinski definition) is 3. The zero-order valence-corrected chi connectivity index (χ0v) is 11.6. The highest BCUT2D eigenvalue weighted by molar-refractivity contribution is 5.99. The molecule has 0 aliphatic heterocycles. The Hall–Kier alpha value is -2.75. The van der Waals surface area contributed by atoms with Crippen LogP contribution in [0.3, 0.4) is 0 Å². The van der Waals surface area contributed by atoms with Gasteiger partial charge in [0.05, 0.1) is 0 Å². The molecule has 4 heteroatoms. The maximum Gasteiger partial charge on any atom is 0.247 e. The van der Waals surface area contributed by atoms with Crippen LogP contribution in [0.25, 0.3) is 0 Å². The second-order valence-electron chi connectivity index (χ2n) is 4.11. The summed E-state index contributed by atoms with van der Waals surface area (Å²) in [7, 11) is 0. The zero-order valence-electron chi connectivity index (χ0n) is 11.6. The van der Waals surface area contributed by atoms with E-state index in [1.54, 1.807) is 23.1 Å². The molecule has 1 rings (SSSR count). The second-order valence-corrected chi connectivity index (χ2v) is 4.11. The summed E-state index contributed by atoms with van der Waals surface area (Å²) < 4.78 is 0. The molecule has 1 aromatic carbocycles. The van der Waals surface area contributed by atoms with Crippen molar-refractivity contribution in [1.82, 2.24) is 0 Å². The molecular formula is C16H19N3O. The highest BCUT2D eigenvalue weighted by Crippen LogP contribution is 2.24. The molecule has 0 bridgehead atoms. The van der Waals surface area contributed by atoms with E-state index in [9.17, 15) is 4.79 Å². The lowest BCUT2D eigenvalue weighted by Gasteiger charge is -2.25. The van der Waals surface area contributed by atoms with Crippen molar-refractivity contribution in [2.24, 2.45) is 5.73 Å². The molecule has 104 valence electrons. The van der Waals surface area contributed by atoms with E-state index in [1.807, 2.05) is 25.1 Å². The monoisotopic (exact) mass is 269 g/mol. The van der Waals surface area contributed by atoms with Crippen molar-refractivity contribution in [3.05, 3.63) is 73.7 Å². The van der Waals surface area contributed by atoms with Gasteiger partial charge >= 0.3 is 0 Å². The van der Waals surface area contributed by atoms with Crippen molar-refractivity contribution in [3.8, 4) is 0 Å². The van der Waals surface area contributed by atoms with Gasteiger partial charge in [-0.3, -0.25) is 4.79 Å². The third-order valence-corrected chi connectivity index (χ3v) is 2.56. The Morgan fingerprint density at radius 1 is 1.40 bits per heavy atom. The van der Waals surface area contributed by atoms with Gasteiger partial charge in [-0.05, 0) is 37.3 Å². The van der Waals surface area contributed by atoms with Crippen LogP contribution in [0.1, 0.15) is 6.92 Å². The Kier molecular flexibility index (Phi) is 5.35. The van der Waals surface area contributed by atoms with Gasteiger partial charge in [0.15, 0.2) is 0 Å². The maximum atomic E-state index is 11.3. The summed E-state index contributed by atoms with van der Waals surface area (Å²) in [5.74, 6) is 0.117. The summed E-state index contributed by atoms with van der Waals surface area (Å²) in [4.78, 5) is 13.1. The van der Waals surface area contributed by atoms with E-state index in [0.717, 1.165) is 11.4 Å². The largest absolute Gasteiger partial charge is 0.385 e. The van der Waals surface area contributed by atoms with Crippen LogP contribution in [0.2, 0.25) is 0 Å². The molecule has 0 saturated carbocycles. The number of allylic oxidation sites excluding steroid dienone is 3. The molecule has 0 aliphatic rings. The van der Waals surface area contributed by atoms with Crippen LogP contribution in [0, 0.1) is 0 Å². The first kappa shape index (κ1) is 15.3. The summed E-state index contributed by atoms with van der Waals surface area (Å²) >= 11 is 0. The number of nitrogens with two attached hydrogens (primary N) is 1. The number of rotatable bonds is 6. The Labute approximate surface area is 119 Å². The molecule has 1 amide bonds. The Morgan fingerprint density at radius 2 is 2.10 bits per heavy atom. The molecular weight excluding hydrogens is 250 g/mol. The third kappa shape index (κ3) is 3.88. The van der Waals surface area contributed by atoms with E-state index < -0.39 is 0 Å². The van der Waals surface area contributed by atoms with E-state index in [2.05, 4.69) is 25.1 Å². The average Bonchev–Trinajstić information content (AvgIpc) is 2.39. The van der Waals surface area contributed by atoms with E-state index >= 15 is 0 Å². The molecule has 0 heterocycles. The van der Waals surface area contributed by atoms with Gasteiger partial charge < -0.3 is 16.0 Å². The molecule has 0 unspecified atom stereocenters. The first-order valence-corrected chi connectivity index (χ1v) is 6.07. The van der Waals surface area contributed by atoms with Gasteiger partial charge in [0.2, 0.25) is 5.91 Å². The third-order valence-electron chi connectivity index (χ3n) is 2.56. The number of carbonyl (C=O) groups is 1. The Morgan fingerprint density at radius 3 is 2.65 bits per heavy atom. The van der Waals surface area contributed by atoms with Crippen LogP contribution in [0.4, 0.5) is 11.4 Å². The van der Waals surface area contributed by atoms with Crippen molar-refractivity contribution in [2.45, 2.75) is 6.92 Å². The molecule has 1 aromatic rings. The van der Waals surface area contributed by atoms with Crippen molar-refractivity contribution < 1.29 is 4.79 Å². The summed E-state index contributed by atoms with van der Waals surface area (Å²) in [6, 6.07) is 7.29. The fourth-order valence-corrected chi connectivity index (χ4v) is 1.76. The Bertz CT molecular complexity index is 573. The fourth-order valence-electron chi connectivity index (χ4n) is 1.76. The molecule has 0 fully saturated rings. The summed E-state index contributed by atoms with van der Waals surface area (Å²) in [5.41, 5.74) is 8.16. The van der Waals surface area contributed by atoms with E-state index in [-0.39, 0.29) is 5.91 Å². The molecule has 0 spiro atoms. The van der Waals surface area contributed by atoms with Gasteiger partial charge in [0.1, 0.15) is 5.82 Å². The smallest absolute Gasteiger partial charge is 0.247 e. The van der Waals surface area contributed by atoms with E-state index in [0.29, 0.717) is 11.5 Å². The van der Waals surface area contributed by atoms with Crippen molar-refractivity contribution in [2.75, 3.05) is 10.2 Å². The fraction of sp³-hybridized carbons (Fsp3) is 0.0625. The second kappa shape index (κ2) is 6.99. The maximum absolute atomic E-state index is 11.3. The molecule has 0 aliphatic carbocycles. The molecule has 0 aromatic heterocycles. The lowest BCUT2D eigenvalue weighted by atomic mass is 10.2. The van der Waals surface area contributed by atoms with Gasteiger partial charge in [-0.2, -0.15) is 0 Å². The molecule has 3 N–H and O–H groups in total. The SMILES string of the molecule is C=C/C=C(\C)N(C(=C)N)c1cccc(NC(=O)C=C)c1. The standard InChI is InChI=1S/C16H19N3O/c1-5-8-12(3)19(13(4)17)15-10-7-9-14(11-15)18-16(20)6-2/h5-11H,1-2,4,17H2,3H3,(H,18,20)/b12-8+. The molecule has 0 atom stereocenters. The molecule has 20 heavy (non-hydrogen) atoms. The lowest BCUT2D eigenvalue weighted by molar-refractivity contribution is -0.111. The molecule has 0 saturated heterocycles. The highest BCUT2D eigenvalue weighted by Gasteiger charge is 2.10. The molecule has 4 nitrogen and oxygen atoms in total. The quantitative estimate of drug-likeness (QED) is 0.616. The number of benzene rings is 1. The first-order chi connectivity index (χ1) is 9.49. The van der Waals surface area contributed by atoms with Crippen LogP contribution in [-0.4, -0.2) is 5.91 Å². The number of nitrogens with one attached hydrogen (secondary N) is 1. The van der Waals surface area contributed by atoms with Crippen LogP contribution in [0.15, 0.2) is 73.7 Å². The first-order valence-electron chi connectivity index (χ1n) is 6.07.